The lowest BCUT2D eigenvalue weighted by Gasteiger charge is -2.32. The highest BCUT2D eigenvalue weighted by Crippen LogP contribution is 2.22. The molecule has 10 heteroatoms. The third-order valence-electron chi connectivity index (χ3n) is 5.77. The quantitative estimate of drug-likeness (QED) is 0.774. The molecule has 2 aromatic rings. The number of H-pyrrole nitrogens is 1. The molecule has 0 radical (unpaired) electrons. The van der Waals surface area contributed by atoms with Crippen molar-refractivity contribution in [1.29, 1.82) is 0 Å². The maximum atomic E-state index is 12.6. The van der Waals surface area contributed by atoms with Gasteiger partial charge in [-0.2, -0.15) is 9.50 Å². The molecule has 2 aromatic heterocycles. The second kappa shape index (κ2) is 7.94. The summed E-state index contributed by atoms with van der Waals surface area (Å²) in [5.41, 5.74) is 1.06. The van der Waals surface area contributed by atoms with Crippen LogP contribution < -0.4 is 10.9 Å². The number of rotatable bonds is 4. The van der Waals surface area contributed by atoms with E-state index in [9.17, 15) is 14.4 Å². The molecule has 1 atom stereocenters. The zero-order valence-electron chi connectivity index (χ0n) is 16.7. The number of anilines is 1. The van der Waals surface area contributed by atoms with Crippen LogP contribution in [0, 0.1) is 12.8 Å². The SMILES string of the molecule is CCc1c(C)nc2nc(NC(=O)C3CCN(C(=O)C4CCCO4)CC3)[nH]n2c1=O. The zero-order valence-corrected chi connectivity index (χ0v) is 16.7. The van der Waals surface area contributed by atoms with Crippen LogP contribution in [-0.4, -0.2) is 62.1 Å². The number of nitrogens with zero attached hydrogens (tertiary/aromatic N) is 4. The Bertz CT molecular complexity index is 982. The van der Waals surface area contributed by atoms with Gasteiger partial charge >= 0.3 is 0 Å². The zero-order chi connectivity index (χ0) is 20.5. The van der Waals surface area contributed by atoms with Crippen molar-refractivity contribution in [2.24, 2.45) is 5.92 Å². The highest BCUT2D eigenvalue weighted by Gasteiger charge is 2.33. The summed E-state index contributed by atoms with van der Waals surface area (Å²) in [4.78, 5) is 47.9. The second-order valence-electron chi connectivity index (χ2n) is 7.63. The molecule has 2 aliphatic rings. The highest BCUT2D eigenvalue weighted by molar-refractivity contribution is 5.91. The predicted molar refractivity (Wildman–Crippen MR) is 105 cm³/mol. The molecule has 0 aliphatic carbocycles. The lowest BCUT2D eigenvalue weighted by Crippen LogP contribution is -2.45. The van der Waals surface area contributed by atoms with Gasteiger partial charge in [-0.15, -0.1) is 0 Å². The van der Waals surface area contributed by atoms with Crippen LogP contribution in [0.1, 0.15) is 43.9 Å². The molecule has 10 nitrogen and oxygen atoms in total. The van der Waals surface area contributed by atoms with Crippen LogP contribution in [0.3, 0.4) is 0 Å². The van der Waals surface area contributed by atoms with Gasteiger partial charge in [-0.1, -0.05) is 6.92 Å². The summed E-state index contributed by atoms with van der Waals surface area (Å²) in [6.45, 7) is 5.39. The van der Waals surface area contributed by atoms with Gasteiger partial charge in [0.25, 0.3) is 17.2 Å². The van der Waals surface area contributed by atoms with E-state index in [-0.39, 0.29) is 41.1 Å². The number of nitrogens with one attached hydrogen (secondary N) is 2. The van der Waals surface area contributed by atoms with Crippen molar-refractivity contribution in [3.8, 4) is 0 Å². The van der Waals surface area contributed by atoms with Crippen LogP contribution in [0.15, 0.2) is 4.79 Å². The predicted octanol–water partition coefficient (Wildman–Crippen LogP) is 0.645. The van der Waals surface area contributed by atoms with Crippen molar-refractivity contribution in [2.75, 3.05) is 25.0 Å². The van der Waals surface area contributed by atoms with E-state index in [1.54, 1.807) is 11.8 Å². The lowest BCUT2D eigenvalue weighted by atomic mass is 9.95. The molecular formula is C19H26N6O4. The van der Waals surface area contributed by atoms with E-state index < -0.39 is 0 Å². The maximum absolute atomic E-state index is 12.6. The molecule has 4 heterocycles. The van der Waals surface area contributed by atoms with Crippen molar-refractivity contribution < 1.29 is 14.3 Å². The van der Waals surface area contributed by atoms with Gasteiger partial charge in [0.1, 0.15) is 6.10 Å². The number of likely N-dealkylation sites (tertiary alicyclic amines) is 1. The summed E-state index contributed by atoms with van der Waals surface area (Å²) in [6, 6.07) is 0. The van der Waals surface area contributed by atoms with E-state index >= 15 is 0 Å². The first-order valence-electron chi connectivity index (χ1n) is 10.2. The van der Waals surface area contributed by atoms with Gasteiger partial charge < -0.3 is 9.64 Å². The first kappa shape index (κ1) is 19.6. The largest absolute Gasteiger partial charge is 0.368 e. The molecule has 4 rings (SSSR count). The minimum Gasteiger partial charge on any atom is -0.368 e. The summed E-state index contributed by atoms with van der Waals surface area (Å²) in [7, 11) is 0. The summed E-state index contributed by atoms with van der Waals surface area (Å²) in [5.74, 6) is 0.0800. The molecular weight excluding hydrogens is 376 g/mol. The van der Waals surface area contributed by atoms with Crippen molar-refractivity contribution >= 4 is 23.5 Å². The van der Waals surface area contributed by atoms with E-state index in [4.69, 9.17) is 4.74 Å². The molecule has 0 aromatic carbocycles. The summed E-state index contributed by atoms with van der Waals surface area (Å²) in [5, 5.41) is 5.57. The molecule has 2 amide bonds. The van der Waals surface area contributed by atoms with E-state index in [0.717, 1.165) is 12.8 Å². The molecule has 2 aliphatic heterocycles. The van der Waals surface area contributed by atoms with Crippen LogP contribution in [0.25, 0.3) is 5.78 Å². The first-order valence-corrected chi connectivity index (χ1v) is 10.2. The minimum absolute atomic E-state index is 0.0335. The lowest BCUT2D eigenvalue weighted by molar-refractivity contribution is -0.143. The third-order valence-corrected chi connectivity index (χ3v) is 5.77. The molecule has 0 spiro atoms. The monoisotopic (exact) mass is 402 g/mol. The average Bonchev–Trinajstić information content (AvgIpc) is 3.38. The number of aromatic amines is 1. The van der Waals surface area contributed by atoms with E-state index in [0.29, 0.717) is 50.2 Å². The first-order chi connectivity index (χ1) is 14.0. The molecule has 156 valence electrons. The van der Waals surface area contributed by atoms with Gasteiger partial charge in [-0.05, 0) is 39.0 Å². The number of ether oxygens (including phenoxy) is 1. The fourth-order valence-corrected chi connectivity index (χ4v) is 4.07. The summed E-state index contributed by atoms with van der Waals surface area (Å²) in [6.07, 6.45) is 3.12. The smallest absolute Gasteiger partial charge is 0.277 e. The normalized spacial score (nSPS) is 20.3. The molecule has 0 saturated carbocycles. The Morgan fingerprint density at radius 2 is 2.00 bits per heavy atom. The van der Waals surface area contributed by atoms with Gasteiger partial charge in [-0.3, -0.25) is 24.8 Å². The van der Waals surface area contributed by atoms with E-state index in [1.165, 1.54) is 4.52 Å². The average molecular weight is 402 g/mol. The van der Waals surface area contributed by atoms with Gasteiger partial charge in [0.05, 0.1) is 5.69 Å². The van der Waals surface area contributed by atoms with Crippen LogP contribution in [0.2, 0.25) is 0 Å². The Kier molecular flexibility index (Phi) is 5.35. The van der Waals surface area contributed by atoms with Gasteiger partial charge in [0.15, 0.2) is 0 Å². The molecule has 2 saturated heterocycles. The Balaban J connectivity index is 1.39. The Hall–Kier alpha value is -2.75. The number of fused-ring (bicyclic) bond motifs is 1. The van der Waals surface area contributed by atoms with Crippen LogP contribution in [0.4, 0.5) is 5.95 Å². The Morgan fingerprint density at radius 1 is 1.24 bits per heavy atom. The standard InChI is InChI=1S/C19H26N6O4/c1-3-13-11(2)20-19-22-18(23-25(19)16(13)27)21-15(26)12-6-8-24(9-7-12)17(28)14-5-4-10-29-14/h12,14H,3-10H2,1-2H3,(H2,20,21,22,23,26). The number of carbonyl (C=O) groups is 2. The molecule has 2 N–H and O–H groups in total. The minimum atomic E-state index is -0.321. The van der Waals surface area contributed by atoms with Gasteiger partial charge in [0.2, 0.25) is 11.9 Å². The topological polar surface area (TPSA) is 122 Å². The van der Waals surface area contributed by atoms with Gasteiger partial charge in [0, 0.05) is 31.2 Å². The van der Waals surface area contributed by atoms with Crippen molar-refractivity contribution in [1.82, 2.24) is 24.5 Å². The number of aromatic nitrogens is 4. The molecule has 1 unspecified atom stereocenters. The van der Waals surface area contributed by atoms with Crippen molar-refractivity contribution in [2.45, 2.75) is 52.1 Å². The second-order valence-corrected chi connectivity index (χ2v) is 7.63. The number of amides is 2. The van der Waals surface area contributed by atoms with Crippen molar-refractivity contribution in [3.05, 3.63) is 21.6 Å². The number of piperidine rings is 1. The van der Waals surface area contributed by atoms with Crippen molar-refractivity contribution in [3.63, 3.8) is 0 Å². The number of hydrogen-bond donors (Lipinski definition) is 2. The van der Waals surface area contributed by atoms with E-state index in [2.05, 4.69) is 20.4 Å². The molecule has 2 fully saturated rings. The molecule has 29 heavy (non-hydrogen) atoms. The molecule has 0 bridgehead atoms. The summed E-state index contributed by atoms with van der Waals surface area (Å²) >= 11 is 0. The van der Waals surface area contributed by atoms with Crippen LogP contribution in [0.5, 0.6) is 0 Å². The van der Waals surface area contributed by atoms with Crippen LogP contribution in [-0.2, 0) is 20.7 Å². The number of hydrogen-bond acceptors (Lipinski definition) is 6. The Labute approximate surface area is 167 Å². The number of carbonyl (C=O) groups excluding carboxylic acids is 2. The Morgan fingerprint density at radius 3 is 2.66 bits per heavy atom. The number of aryl methyl sites for hydroxylation is 1. The maximum Gasteiger partial charge on any atom is 0.277 e. The van der Waals surface area contributed by atoms with Crippen LogP contribution >= 0.6 is 0 Å². The fourth-order valence-electron chi connectivity index (χ4n) is 4.07. The third kappa shape index (κ3) is 3.76. The summed E-state index contributed by atoms with van der Waals surface area (Å²) < 4.78 is 6.72. The van der Waals surface area contributed by atoms with E-state index in [1.807, 2.05) is 6.92 Å². The highest BCUT2D eigenvalue weighted by atomic mass is 16.5. The fraction of sp³-hybridized carbons (Fsp3) is 0.632. The van der Waals surface area contributed by atoms with Gasteiger partial charge in [-0.25, -0.2) is 4.98 Å².